The van der Waals surface area contributed by atoms with Gasteiger partial charge in [0, 0.05) is 0 Å². The van der Waals surface area contributed by atoms with E-state index < -0.39 is 0 Å². The zero-order valence-electron chi connectivity index (χ0n) is 11.4. The summed E-state index contributed by atoms with van der Waals surface area (Å²) < 4.78 is 5.58. The molecule has 20 heavy (non-hydrogen) atoms. The lowest BCUT2D eigenvalue weighted by molar-refractivity contribution is -0.145. The third kappa shape index (κ3) is 5.36. The minimum absolute atomic E-state index is 0.143. The first-order valence-electron chi connectivity index (χ1n) is 6.91. The fourth-order valence-electron chi connectivity index (χ4n) is 1.94. The number of ether oxygens (including phenoxy) is 1. The molecule has 1 aromatic carbocycles. The summed E-state index contributed by atoms with van der Waals surface area (Å²) in [4.78, 5) is 16.2. The van der Waals surface area contributed by atoms with Crippen molar-refractivity contribution < 1.29 is 14.4 Å². The maximum absolute atomic E-state index is 11.4. The summed E-state index contributed by atoms with van der Waals surface area (Å²) in [7, 11) is 0. The zero-order chi connectivity index (χ0) is 14.0. The largest absolute Gasteiger partial charge is 0.374 e. The van der Waals surface area contributed by atoms with Crippen molar-refractivity contribution in [3.8, 4) is 0 Å². The van der Waals surface area contributed by atoms with E-state index in [0.29, 0.717) is 6.61 Å². The number of oxime groups is 1. The highest BCUT2D eigenvalue weighted by molar-refractivity contribution is 5.80. The second-order valence-electron chi connectivity index (χ2n) is 4.63. The molecule has 0 aromatic heterocycles. The van der Waals surface area contributed by atoms with Gasteiger partial charge in [0.2, 0.25) is 0 Å². The third-order valence-electron chi connectivity index (χ3n) is 3.00. The van der Waals surface area contributed by atoms with Crippen LogP contribution in [0.3, 0.4) is 0 Å². The second kappa shape index (κ2) is 8.27. The SMILES string of the molecule is O=C(CCOC1C=CCCC1)ON=Cc1ccccc1. The van der Waals surface area contributed by atoms with E-state index in [-0.39, 0.29) is 18.5 Å². The molecule has 1 unspecified atom stereocenters. The Hall–Kier alpha value is -1.94. The van der Waals surface area contributed by atoms with Gasteiger partial charge in [-0.1, -0.05) is 47.6 Å². The molecule has 0 bridgehead atoms. The van der Waals surface area contributed by atoms with Gasteiger partial charge >= 0.3 is 5.97 Å². The smallest absolute Gasteiger partial charge is 0.337 e. The number of hydrogen-bond donors (Lipinski definition) is 0. The Balaban J connectivity index is 1.62. The van der Waals surface area contributed by atoms with Gasteiger partial charge in [-0.15, -0.1) is 0 Å². The molecule has 0 spiro atoms. The van der Waals surface area contributed by atoms with Gasteiger partial charge in [-0.2, -0.15) is 0 Å². The van der Waals surface area contributed by atoms with Crippen LogP contribution in [0.15, 0.2) is 47.6 Å². The first-order valence-corrected chi connectivity index (χ1v) is 6.91. The topological polar surface area (TPSA) is 47.9 Å². The summed E-state index contributed by atoms with van der Waals surface area (Å²) in [6.45, 7) is 0.370. The van der Waals surface area contributed by atoms with Gasteiger partial charge in [0.15, 0.2) is 0 Å². The Bertz CT molecular complexity index is 468. The highest BCUT2D eigenvalue weighted by atomic mass is 16.7. The molecule has 0 N–H and O–H groups in total. The molecule has 4 nitrogen and oxygen atoms in total. The van der Waals surface area contributed by atoms with Crippen LogP contribution in [-0.4, -0.2) is 24.9 Å². The van der Waals surface area contributed by atoms with Gasteiger partial charge in [0.1, 0.15) is 0 Å². The Labute approximate surface area is 119 Å². The van der Waals surface area contributed by atoms with Gasteiger partial charge in [-0.05, 0) is 24.8 Å². The monoisotopic (exact) mass is 273 g/mol. The van der Waals surface area contributed by atoms with Crippen molar-refractivity contribution in [3.05, 3.63) is 48.0 Å². The first-order chi connectivity index (χ1) is 9.84. The molecule has 0 saturated heterocycles. The number of hydrogen-bond acceptors (Lipinski definition) is 4. The average Bonchev–Trinajstić information content (AvgIpc) is 2.49. The van der Waals surface area contributed by atoms with Crippen LogP contribution in [0.2, 0.25) is 0 Å². The van der Waals surface area contributed by atoms with Crippen LogP contribution in [0.25, 0.3) is 0 Å². The normalized spacial score (nSPS) is 18.3. The fourth-order valence-corrected chi connectivity index (χ4v) is 1.94. The quantitative estimate of drug-likeness (QED) is 0.346. The molecule has 1 atom stereocenters. The molecular weight excluding hydrogens is 254 g/mol. The van der Waals surface area contributed by atoms with E-state index in [0.717, 1.165) is 24.8 Å². The van der Waals surface area contributed by atoms with Gasteiger partial charge in [-0.25, -0.2) is 4.79 Å². The third-order valence-corrected chi connectivity index (χ3v) is 3.00. The van der Waals surface area contributed by atoms with Crippen molar-refractivity contribution in [1.29, 1.82) is 0 Å². The number of carbonyl (C=O) groups is 1. The molecule has 1 aromatic rings. The summed E-state index contributed by atoms with van der Waals surface area (Å²) >= 11 is 0. The minimum Gasteiger partial charge on any atom is -0.374 e. The van der Waals surface area contributed by atoms with Crippen molar-refractivity contribution in [2.24, 2.45) is 5.16 Å². The summed E-state index contributed by atoms with van der Waals surface area (Å²) in [5.74, 6) is -0.378. The number of nitrogens with zero attached hydrogens (tertiary/aromatic N) is 1. The predicted octanol–water partition coefficient (Wildman–Crippen LogP) is 3.08. The van der Waals surface area contributed by atoms with E-state index in [4.69, 9.17) is 9.57 Å². The highest BCUT2D eigenvalue weighted by Crippen LogP contribution is 2.13. The standard InChI is InChI=1S/C16H19NO3/c18-16(11-12-19-15-9-5-2-6-10-15)20-17-13-14-7-3-1-4-8-14/h1,3-5,7-9,13,15H,2,6,10-12H2. The van der Waals surface area contributed by atoms with Crippen molar-refractivity contribution in [2.45, 2.75) is 31.8 Å². The van der Waals surface area contributed by atoms with Crippen LogP contribution in [0.5, 0.6) is 0 Å². The summed E-state index contributed by atoms with van der Waals surface area (Å²) in [5.41, 5.74) is 0.892. The Morgan fingerprint density at radius 3 is 2.95 bits per heavy atom. The van der Waals surface area contributed by atoms with Crippen LogP contribution in [0.4, 0.5) is 0 Å². The number of carbonyl (C=O) groups excluding carboxylic acids is 1. The Morgan fingerprint density at radius 2 is 2.20 bits per heavy atom. The van der Waals surface area contributed by atoms with E-state index in [2.05, 4.69) is 17.3 Å². The molecule has 106 valence electrons. The van der Waals surface area contributed by atoms with Crippen LogP contribution in [0, 0.1) is 0 Å². The van der Waals surface area contributed by atoms with E-state index in [1.807, 2.05) is 30.3 Å². The lowest BCUT2D eigenvalue weighted by Crippen LogP contribution is -2.15. The zero-order valence-corrected chi connectivity index (χ0v) is 11.4. The minimum atomic E-state index is -0.378. The molecule has 0 heterocycles. The van der Waals surface area contributed by atoms with Crippen molar-refractivity contribution in [1.82, 2.24) is 0 Å². The molecule has 2 rings (SSSR count). The molecule has 0 radical (unpaired) electrons. The summed E-state index contributed by atoms with van der Waals surface area (Å²) in [6.07, 6.45) is 9.35. The van der Waals surface area contributed by atoms with Crippen molar-refractivity contribution >= 4 is 12.2 Å². The number of allylic oxidation sites excluding steroid dienone is 1. The molecule has 0 aliphatic heterocycles. The first kappa shape index (κ1) is 14.5. The van der Waals surface area contributed by atoms with Crippen molar-refractivity contribution in [3.63, 3.8) is 0 Å². The van der Waals surface area contributed by atoms with Crippen LogP contribution >= 0.6 is 0 Å². The van der Waals surface area contributed by atoms with Crippen molar-refractivity contribution in [2.75, 3.05) is 6.61 Å². The van der Waals surface area contributed by atoms with Crippen LogP contribution in [0.1, 0.15) is 31.2 Å². The maximum Gasteiger partial charge on any atom is 0.337 e. The van der Waals surface area contributed by atoms with E-state index >= 15 is 0 Å². The molecule has 4 heteroatoms. The molecule has 0 saturated carbocycles. The highest BCUT2D eigenvalue weighted by Gasteiger charge is 2.10. The van der Waals surface area contributed by atoms with E-state index in [9.17, 15) is 4.79 Å². The van der Waals surface area contributed by atoms with Gasteiger partial charge < -0.3 is 9.57 Å². The van der Waals surface area contributed by atoms with Gasteiger partial charge in [0.25, 0.3) is 0 Å². The molecule has 0 amide bonds. The summed E-state index contributed by atoms with van der Waals surface area (Å²) in [5, 5.41) is 3.66. The van der Waals surface area contributed by atoms with E-state index in [1.165, 1.54) is 6.21 Å². The molecular formula is C16H19NO3. The molecule has 0 fully saturated rings. The lowest BCUT2D eigenvalue weighted by Gasteiger charge is -2.16. The van der Waals surface area contributed by atoms with E-state index in [1.54, 1.807) is 0 Å². The van der Waals surface area contributed by atoms with Gasteiger partial charge in [-0.3, -0.25) is 0 Å². The Kier molecular flexibility index (Phi) is 5.99. The second-order valence-corrected chi connectivity index (χ2v) is 4.63. The average molecular weight is 273 g/mol. The predicted molar refractivity (Wildman–Crippen MR) is 77.5 cm³/mol. The van der Waals surface area contributed by atoms with Gasteiger partial charge in [0.05, 0.1) is 25.3 Å². The van der Waals surface area contributed by atoms with Crippen LogP contribution in [-0.2, 0) is 14.4 Å². The number of benzene rings is 1. The fraction of sp³-hybridized carbons (Fsp3) is 0.375. The van der Waals surface area contributed by atoms with Crippen LogP contribution < -0.4 is 0 Å². The summed E-state index contributed by atoms with van der Waals surface area (Å²) in [6, 6.07) is 9.48. The Morgan fingerprint density at radius 1 is 1.35 bits per heavy atom. The lowest BCUT2D eigenvalue weighted by atomic mass is 10.1. The molecule has 1 aliphatic carbocycles. The molecule has 1 aliphatic rings. The number of rotatable bonds is 6. The maximum atomic E-state index is 11.4.